The molecule has 0 saturated heterocycles. The molecule has 162 valence electrons. The lowest BCUT2D eigenvalue weighted by Crippen LogP contribution is -2.38. The van der Waals surface area contributed by atoms with E-state index in [2.05, 4.69) is 61.2 Å². The topological polar surface area (TPSA) is 67.6 Å². The van der Waals surface area contributed by atoms with E-state index in [9.17, 15) is 0 Å². The Morgan fingerprint density at radius 1 is 1.31 bits per heavy atom. The predicted octanol–water partition coefficient (Wildman–Crippen LogP) is 3.94. The van der Waals surface area contributed by atoms with Crippen LogP contribution in [0.15, 0.2) is 29.5 Å². The molecular formula is C21H35IN6O. The standard InChI is InChI=1S/C21H34N6O.HI/c1-7-12-28-20-17(10-9-11-23-20)13-24-21(22-8-2)26(5)14-18-15-27(6)25-19(18)16(3)4;/h9-11,15-16H,7-8,12-14H2,1-6H3,(H,22,24);1H. The molecule has 0 aliphatic rings. The van der Waals surface area contributed by atoms with Crippen molar-refractivity contribution in [3.8, 4) is 5.88 Å². The molecule has 2 heterocycles. The number of aryl methyl sites for hydroxylation is 1. The third kappa shape index (κ3) is 7.49. The van der Waals surface area contributed by atoms with Crippen LogP contribution in [0.2, 0.25) is 0 Å². The number of nitrogens with one attached hydrogen (secondary N) is 1. The molecule has 2 aromatic rings. The molecule has 2 aromatic heterocycles. The molecule has 7 nitrogen and oxygen atoms in total. The van der Waals surface area contributed by atoms with Gasteiger partial charge in [0.1, 0.15) is 0 Å². The van der Waals surface area contributed by atoms with Crippen LogP contribution in [0.3, 0.4) is 0 Å². The summed E-state index contributed by atoms with van der Waals surface area (Å²) in [5.41, 5.74) is 3.34. The molecule has 0 aromatic carbocycles. The van der Waals surface area contributed by atoms with E-state index in [0.29, 0.717) is 24.9 Å². The van der Waals surface area contributed by atoms with Crippen molar-refractivity contribution in [2.75, 3.05) is 20.2 Å². The van der Waals surface area contributed by atoms with Crippen molar-refractivity contribution in [2.45, 2.75) is 53.1 Å². The summed E-state index contributed by atoms with van der Waals surface area (Å²) in [6.45, 7) is 11.2. The van der Waals surface area contributed by atoms with Gasteiger partial charge in [0.2, 0.25) is 5.88 Å². The van der Waals surface area contributed by atoms with E-state index >= 15 is 0 Å². The van der Waals surface area contributed by atoms with Crippen LogP contribution in [0, 0.1) is 0 Å². The van der Waals surface area contributed by atoms with Crippen LogP contribution in [0.25, 0.3) is 0 Å². The van der Waals surface area contributed by atoms with E-state index in [4.69, 9.17) is 9.73 Å². The number of aliphatic imine (C=N–C) groups is 1. The highest BCUT2D eigenvalue weighted by molar-refractivity contribution is 14.0. The third-order valence-corrected chi connectivity index (χ3v) is 4.28. The van der Waals surface area contributed by atoms with Gasteiger partial charge in [0.15, 0.2) is 5.96 Å². The molecule has 0 unspecified atom stereocenters. The first-order valence-corrected chi connectivity index (χ1v) is 10.0. The Bertz CT molecular complexity index is 774. The van der Waals surface area contributed by atoms with Gasteiger partial charge in [-0.2, -0.15) is 5.10 Å². The molecule has 0 spiro atoms. The zero-order valence-corrected chi connectivity index (χ0v) is 20.8. The summed E-state index contributed by atoms with van der Waals surface area (Å²) >= 11 is 0. The monoisotopic (exact) mass is 514 g/mol. The fraction of sp³-hybridized carbons (Fsp3) is 0.571. The summed E-state index contributed by atoms with van der Waals surface area (Å²) < 4.78 is 7.64. The Morgan fingerprint density at radius 3 is 2.72 bits per heavy atom. The van der Waals surface area contributed by atoms with Crippen LogP contribution < -0.4 is 10.1 Å². The molecule has 0 amide bonds. The highest BCUT2D eigenvalue weighted by Crippen LogP contribution is 2.19. The SMILES string of the molecule is CCCOc1ncccc1CN=C(NCC)N(C)Cc1cn(C)nc1C(C)C.I. The van der Waals surface area contributed by atoms with Gasteiger partial charge in [-0.1, -0.05) is 26.8 Å². The third-order valence-electron chi connectivity index (χ3n) is 4.28. The van der Waals surface area contributed by atoms with Gasteiger partial charge in [-0.25, -0.2) is 9.98 Å². The van der Waals surface area contributed by atoms with Gasteiger partial charge in [-0.3, -0.25) is 4.68 Å². The van der Waals surface area contributed by atoms with Crippen molar-refractivity contribution in [1.29, 1.82) is 0 Å². The minimum atomic E-state index is 0. The maximum atomic E-state index is 5.75. The number of rotatable bonds is 9. The van der Waals surface area contributed by atoms with E-state index in [-0.39, 0.29) is 24.0 Å². The summed E-state index contributed by atoms with van der Waals surface area (Å²) in [6.07, 6.45) is 4.80. The molecule has 0 radical (unpaired) electrons. The molecule has 0 aliphatic carbocycles. The Hall–Kier alpha value is -1.84. The van der Waals surface area contributed by atoms with Crippen molar-refractivity contribution in [3.63, 3.8) is 0 Å². The van der Waals surface area contributed by atoms with Gasteiger partial charge < -0.3 is 15.0 Å². The molecule has 8 heteroatoms. The molecule has 0 bridgehead atoms. The lowest BCUT2D eigenvalue weighted by atomic mass is 10.1. The number of hydrogen-bond donors (Lipinski definition) is 1. The van der Waals surface area contributed by atoms with Crippen molar-refractivity contribution in [1.82, 2.24) is 25.0 Å². The van der Waals surface area contributed by atoms with Crippen molar-refractivity contribution in [3.05, 3.63) is 41.3 Å². The number of hydrogen-bond acceptors (Lipinski definition) is 4. The summed E-state index contributed by atoms with van der Waals surface area (Å²) in [4.78, 5) is 11.3. The summed E-state index contributed by atoms with van der Waals surface area (Å²) in [7, 11) is 4.02. The van der Waals surface area contributed by atoms with Gasteiger partial charge in [0.25, 0.3) is 0 Å². The van der Waals surface area contributed by atoms with Gasteiger partial charge >= 0.3 is 0 Å². The second-order valence-corrected chi connectivity index (χ2v) is 7.21. The fourth-order valence-corrected chi connectivity index (χ4v) is 3.00. The first kappa shape index (κ1) is 25.2. The fourth-order valence-electron chi connectivity index (χ4n) is 3.00. The van der Waals surface area contributed by atoms with Crippen LogP contribution in [0.4, 0.5) is 0 Å². The van der Waals surface area contributed by atoms with Crippen LogP contribution in [0.5, 0.6) is 5.88 Å². The molecule has 29 heavy (non-hydrogen) atoms. The normalized spacial score (nSPS) is 11.3. The maximum absolute atomic E-state index is 5.75. The molecule has 0 saturated carbocycles. The molecule has 1 N–H and O–H groups in total. The highest BCUT2D eigenvalue weighted by Gasteiger charge is 2.15. The van der Waals surface area contributed by atoms with Gasteiger partial charge in [0, 0.05) is 50.7 Å². The van der Waals surface area contributed by atoms with Gasteiger partial charge in [-0.05, 0) is 25.3 Å². The van der Waals surface area contributed by atoms with E-state index in [1.165, 1.54) is 5.56 Å². The number of halogens is 1. The Labute approximate surface area is 192 Å². The van der Waals surface area contributed by atoms with Gasteiger partial charge in [-0.15, -0.1) is 24.0 Å². The minimum absolute atomic E-state index is 0. The number of pyridine rings is 1. The van der Waals surface area contributed by atoms with E-state index in [0.717, 1.165) is 36.7 Å². The van der Waals surface area contributed by atoms with E-state index in [1.807, 2.05) is 23.9 Å². The summed E-state index contributed by atoms with van der Waals surface area (Å²) in [5, 5.41) is 7.99. The molecule has 0 atom stereocenters. The highest BCUT2D eigenvalue weighted by atomic mass is 127. The van der Waals surface area contributed by atoms with Crippen molar-refractivity contribution < 1.29 is 4.74 Å². The van der Waals surface area contributed by atoms with E-state index in [1.54, 1.807) is 6.20 Å². The second kappa shape index (κ2) is 12.7. The largest absolute Gasteiger partial charge is 0.477 e. The Kier molecular flexibility index (Phi) is 11.0. The minimum Gasteiger partial charge on any atom is -0.477 e. The average Bonchev–Trinajstić information content (AvgIpc) is 3.04. The van der Waals surface area contributed by atoms with Crippen LogP contribution >= 0.6 is 24.0 Å². The molecular weight excluding hydrogens is 479 g/mol. The second-order valence-electron chi connectivity index (χ2n) is 7.21. The summed E-state index contributed by atoms with van der Waals surface area (Å²) in [5.74, 6) is 1.91. The first-order chi connectivity index (χ1) is 13.5. The molecule has 0 fully saturated rings. The maximum Gasteiger partial charge on any atom is 0.218 e. The number of ether oxygens (including phenoxy) is 1. The van der Waals surface area contributed by atoms with Crippen molar-refractivity contribution in [2.24, 2.45) is 12.0 Å². The zero-order valence-electron chi connectivity index (χ0n) is 18.5. The smallest absolute Gasteiger partial charge is 0.218 e. The van der Waals surface area contributed by atoms with E-state index < -0.39 is 0 Å². The van der Waals surface area contributed by atoms with Crippen LogP contribution in [-0.4, -0.2) is 45.8 Å². The van der Waals surface area contributed by atoms with Gasteiger partial charge in [0.05, 0.1) is 18.8 Å². The molecule has 2 rings (SSSR count). The number of aromatic nitrogens is 3. The predicted molar refractivity (Wildman–Crippen MR) is 129 cm³/mol. The zero-order chi connectivity index (χ0) is 20.5. The van der Waals surface area contributed by atoms with Crippen LogP contribution in [-0.2, 0) is 20.1 Å². The van der Waals surface area contributed by atoms with Crippen LogP contribution in [0.1, 0.15) is 56.9 Å². The quantitative estimate of drug-likeness (QED) is 0.312. The lowest BCUT2D eigenvalue weighted by molar-refractivity contribution is 0.302. The first-order valence-electron chi connectivity index (χ1n) is 10.0. The Balaban J connectivity index is 0.00000420. The molecule has 0 aliphatic heterocycles. The average molecular weight is 514 g/mol. The number of guanidine groups is 1. The van der Waals surface area contributed by atoms with Crippen molar-refractivity contribution >= 4 is 29.9 Å². The number of nitrogens with zero attached hydrogens (tertiary/aromatic N) is 5. The Morgan fingerprint density at radius 2 is 2.07 bits per heavy atom. The summed E-state index contributed by atoms with van der Waals surface area (Å²) in [6, 6.07) is 3.94. The lowest BCUT2D eigenvalue weighted by Gasteiger charge is -2.22.